The number of carbonyl (C=O) groups excluding carboxylic acids is 2. The Hall–Kier alpha value is -4.57. The summed E-state index contributed by atoms with van der Waals surface area (Å²) in [4.78, 5) is 55.1. The number of nitrogens with zero attached hydrogens (tertiary/aromatic N) is 7. The lowest BCUT2D eigenvalue weighted by atomic mass is 9.61. The normalized spacial score (nSPS) is 23.4. The minimum absolute atomic E-state index is 0.0310. The van der Waals surface area contributed by atoms with Crippen LogP contribution < -0.4 is 9.64 Å². The molecule has 3 heterocycles. The van der Waals surface area contributed by atoms with Crippen molar-refractivity contribution >= 4 is 23.4 Å². The number of ketones is 1. The number of benzene rings is 1. The molecule has 4 atom stereocenters. The predicted octanol–water partition coefficient (Wildman–Crippen LogP) is 5.69. The largest absolute Gasteiger partial charge is 0.462 e. The topological polar surface area (TPSA) is 155 Å². The molecular weight excluding hydrogens is 626 g/mol. The molecule has 5 rings (SSSR count). The van der Waals surface area contributed by atoms with E-state index in [1.165, 1.54) is 6.07 Å². The minimum atomic E-state index is -1.03. The van der Waals surface area contributed by atoms with Gasteiger partial charge in [-0.3, -0.25) is 14.9 Å². The molecular formula is C36H47N7O6. The Labute approximate surface area is 288 Å². The van der Waals surface area contributed by atoms with Crippen LogP contribution in [0.15, 0.2) is 36.9 Å². The third-order valence-corrected chi connectivity index (χ3v) is 10.2. The van der Waals surface area contributed by atoms with Crippen molar-refractivity contribution < 1.29 is 24.0 Å². The van der Waals surface area contributed by atoms with E-state index in [4.69, 9.17) is 19.4 Å². The maximum Gasteiger partial charge on any atom is 0.410 e. The fourth-order valence-electron chi connectivity index (χ4n) is 7.50. The summed E-state index contributed by atoms with van der Waals surface area (Å²) in [7, 11) is 2.05. The van der Waals surface area contributed by atoms with E-state index >= 15 is 0 Å². The first-order valence-electron chi connectivity index (χ1n) is 17.0. The summed E-state index contributed by atoms with van der Waals surface area (Å²) in [6.07, 6.45) is 4.51. The van der Waals surface area contributed by atoms with Gasteiger partial charge in [0.2, 0.25) is 0 Å². The minimum Gasteiger partial charge on any atom is -0.462 e. The number of aromatic nitrogens is 2. The third-order valence-electron chi connectivity index (χ3n) is 10.2. The fraction of sp³-hybridized carbons (Fsp3) is 0.583. The summed E-state index contributed by atoms with van der Waals surface area (Å²) in [5.74, 6) is -0.197. The number of rotatable bonds is 10. The van der Waals surface area contributed by atoms with Gasteiger partial charge in [0.05, 0.1) is 23.5 Å². The number of nitro benzene ring substituents is 1. The molecule has 0 saturated carbocycles. The number of Topliss-reactive ketones (excluding diaryl/α,β-unsaturated/α-hetero) is 1. The highest BCUT2D eigenvalue weighted by atomic mass is 16.6. The molecule has 0 N–H and O–H groups in total. The van der Waals surface area contributed by atoms with Crippen LogP contribution in [0.2, 0.25) is 0 Å². The maximum absolute atomic E-state index is 14.9. The first kappa shape index (κ1) is 35.7. The number of nitriles is 1. The second-order valence-electron chi connectivity index (χ2n) is 14.4. The molecule has 13 nitrogen and oxygen atoms in total. The molecule has 0 spiro atoms. The summed E-state index contributed by atoms with van der Waals surface area (Å²) >= 11 is 0. The van der Waals surface area contributed by atoms with Gasteiger partial charge in [0.1, 0.15) is 23.7 Å². The zero-order valence-corrected chi connectivity index (χ0v) is 29.2. The van der Waals surface area contributed by atoms with Crippen LogP contribution in [0.3, 0.4) is 0 Å². The van der Waals surface area contributed by atoms with E-state index in [1.807, 2.05) is 11.8 Å². The monoisotopic (exact) mass is 673 g/mol. The van der Waals surface area contributed by atoms with Crippen LogP contribution in [-0.2, 0) is 11.2 Å². The molecule has 262 valence electrons. The van der Waals surface area contributed by atoms with Gasteiger partial charge in [0.15, 0.2) is 5.78 Å². The van der Waals surface area contributed by atoms with Crippen molar-refractivity contribution in [2.45, 2.75) is 89.8 Å². The molecule has 2 fully saturated rings. The maximum atomic E-state index is 14.9. The van der Waals surface area contributed by atoms with Gasteiger partial charge in [0, 0.05) is 54.2 Å². The number of piperazine rings is 1. The molecule has 13 heteroatoms. The first-order valence-corrected chi connectivity index (χ1v) is 17.0. The molecule has 0 bridgehead atoms. The van der Waals surface area contributed by atoms with Crippen LogP contribution in [0.4, 0.5) is 16.3 Å². The van der Waals surface area contributed by atoms with E-state index in [0.717, 1.165) is 19.4 Å². The van der Waals surface area contributed by atoms with Crippen molar-refractivity contribution in [3.63, 3.8) is 0 Å². The van der Waals surface area contributed by atoms with Crippen molar-refractivity contribution in [2.24, 2.45) is 5.41 Å². The van der Waals surface area contributed by atoms with Crippen LogP contribution in [0.1, 0.15) is 87.3 Å². The average Bonchev–Trinajstić information content (AvgIpc) is 3.48. The molecule has 2 saturated heterocycles. The van der Waals surface area contributed by atoms with Crippen molar-refractivity contribution in [1.29, 1.82) is 5.26 Å². The van der Waals surface area contributed by atoms with Gasteiger partial charge < -0.3 is 24.2 Å². The zero-order chi connectivity index (χ0) is 35.5. The van der Waals surface area contributed by atoms with Crippen LogP contribution in [0.25, 0.3) is 0 Å². The zero-order valence-electron chi connectivity index (χ0n) is 29.2. The number of para-hydroxylation sites is 1. The fourth-order valence-corrected chi connectivity index (χ4v) is 7.50. The molecule has 1 aromatic heterocycles. The third kappa shape index (κ3) is 7.39. The van der Waals surface area contributed by atoms with E-state index < -0.39 is 34.0 Å². The lowest BCUT2D eigenvalue weighted by molar-refractivity contribution is -0.385. The Balaban J connectivity index is 1.55. The molecule has 3 aliphatic rings. The van der Waals surface area contributed by atoms with E-state index in [0.29, 0.717) is 62.4 Å². The second kappa shape index (κ2) is 14.5. The number of fused-ring (bicyclic) bond motifs is 1. The number of nitro groups is 1. The Morgan fingerprint density at radius 1 is 1.24 bits per heavy atom. The Kier molecular flexibility index (Phi) is 10.6. The Morgan fingerprint density at radius 3 is 2.65 bits per heavy atom. The number of amides is 1. The summed E-state index contributed by atoms with van der Waals surface area (Å²) in [5.41, 5.74) is -0.355. The molecule has 2 aromatic rings. The lowest BCUT2D eigenvalue weighted by Crippen LogP contribution is -2.56. The van der Waals surface area contributed by atoms with Gasteiger partial charge in [0.25, 0.3) is 5.69 Å². The molecule has 4 unspecified atom stereocenters. The highest BCUT2D eigenvalue weighted by Crippen LogP contribution is 2.51. The molecule has 1 aromatic carbocycles. The SMILES string of the molecule is C=CCC1(C(C)c2ccccc2[N+](=O)[O-])CCc2c(nc(OCC3CCCN3C)nc2N2CCN(C(=O)OC(C)(C)C)C(CC#N)C2)C1=O. The number of likely N-dealkylation sites (N-methyl/N-ethyl adjacent to an activating group) is 1. The number of likely N-dealkylation sites (tertiary alicyclic amines) is 1. The van der Waals surface area contributed by atoms with Gasteiger partial charge in [-0.2, -0.15) is 15.2 Å². The highest BCUT2D eigenvalue weighted by Gasteiger charge is 2.50. The Morgan fingerprint density at radius 2 is 2.00 bits per heavy atom. The highest BCUT2D eigenvalue weighted by molar-refractivity contribution is 6.03. The van der Waals surface area contributed by atoms with Crippen LogP contribution in [0.5, 0.6) is 6.01 Å². The molecule has 1 aliphatic carbocycles. The van der Waals surface area contributed by atoms with Crippen molar-refractivity contribution in [2.75, 3.05) is 44.7 Å². The van der Waals surface area contributed by atoms with Gasteiger partial charge in [-0.25, -0.2) is 4.79 Å². The van der Waals surface area contributed by atoms with Gasteiger partial charge in [-0.05, 0) is 66.5 Å². The molecule has 2 aliphatic heterocycles. The number of allylic oxidation sites excluding steroid dienone is 1. The first-order chi connectivity index (χ1) is 23.3. The van der Waals surface area contributed by atoms with Gasteiger partial charge in [-0.1, -0.05) is 31.2 Å². The summed E-state index contributed by atoms with van der Waals surface area (Å²) in [5, 5.41) is 21.7. The quantitative estimate of drug-likeness (QED) is 0.173. The average molecular weight is 674 g/mol. The standard InChI is InChI=1S/C36H47N7O6/c1-7-16-36(24(2)27-12-8-9-13-29(27)43(46)47)17-14-28-30(31(36)44)38-33(48-23-26-11-10-19-40(26)6)39-32(28)41-20-21-42(25(22-41)15-18-37)34(45)49-35(3,4)5/h7-9,12-13,24-26H,1,10-11,14-17,19-23H2,2-6H3. The molecule has 49 heavy (non-hydrogen) atoms. The second-order valence-corrected chi connectivity index (χ2v) is 14.4. The summed E-state index contributed by atoms with van der Waals surface area (Å²) in [6.45, 7) is 13.6. The van der Waals surface area contributed by atoms with E-state index in [-0.39, 0.29) is 35.6 Å². The number of hydrogen-bond acceptors (Lipinski definition) is 11. The number of carbonyl (C=O) groups is 2. The van der Waals surface area contributed by atoms with Gasteiger partial charge in [-0.15, -0.1) is 6.58 Å². The molecule has 0 radical (unpaired) electrons. The van der Waals surface area contributed by atoms with Crippen molar-refractivity contribution in [3.8, 4) is 12.1 Å². The van der Waals surface area contributed by atoms with Crippen LogP contribution >= 0.6 is 0 Å². The Bertz CT molecular complexity index is 1630. The predicted molar refractivity (Wildman–Crippen MR) is 184 cm³/mol. The molecule has 1 amide bonds. The smallest absolute Gasteiger partial charge is 0.410 e. The van der Waals surface area contributed by atoms with Gasteiger partial charge >= 0.3 is 12.1 Å². The van der Waals surface area contributed by atoms with Crippen molar-refractivity contribution in [1.82, 2.24) is 19.8 Å². The van der Waals surface area contributed by atoms with Crippen molar-refractivity contribution in [3.05, 3.63) is 63.9 Å². The number of anilines is 1. The summed E-state index contributed by atoms with van der Waals surface area (Å²) < 4.78 is 11.9. The van der Waals surface area contributed by atoms with Crippen LogP contribution in [0, 0.1) is 26.9 Å². The van der Waals surface area contributed by atoms with E-state index in [1.54, 1.807) is 49.9 Å². The lowest BCUT2D eigenvalue weighted by Gasteiger charge is -2.44. The number of hydrogen-bond donors (Lipinski definition) is 0. The van der Waals surface area contributed by atoms with Crippen LogP contribution in [-0.4, -0.2) is 94.1 Å². The van der Waals surface area contributed by atoms with E-state index in [9.17, 15) is 25.0 Å². The summed E-state index contributed by atoms with van der Waals surface area (Å²) in [6, 6.07) is 8.58. The number of ether oxygens (including phenoxy) is 2. The van der Waals surface area contributed by atoms with E-state index in [2.05, 4.69) is 24.6 Å².